The second-order valence-corrected chi connectivity index (χ2v) is 4.76. The summed E-state index contributed by atoms with van der Waals surface area (Å²) < 4.78 is 5.47. The molecule has 2 aromatic rings. The van der Waals surface area contributed by atoms with Crippen molar-refractivity contribution in [2.24, 2.45) is 5.84 Å². The molecule has 1 unspecified atom stereocenters. The smallest absolute Gasteiger partial charge is 0.119 e. The van der Waals surface area contributed by atoms with Crippen LogP contribution in [0.3, 0.4) is 0 Å². The first-order valence-corrected chi connectivity index (χ1v) is 6.64. The van der Waals surface area contributed by atoms with Gasteiger partial charge < -0.3 is 9.75 Å². The summed E-state index contributed by atoms with van der Waals surface area (Å²) in [5, 5.41) is 1.87. The monoisotopic (exact) mass is 254 g/mol. The quantitative estimate of drug-likeness (QED) is 0.855. The van der Waals surface area contributed by atoms with Crippen molar-refractivity contribution in [1.29, 1.82) is 0 Å². The van der Waals surface area contributed by atoms with Gasteiger partial charge in [-0.25, -0.2) is 5.84 Å². The summed E-state index contributed by atoms with van der Waals surface area (Å²) in [6, 6.07) is 16.7. The fraction of sp³-hybridized carbons (Fsp3) is 0.250. The summed E-state index contributed by atoms with van der Waals surface area (Å²) in [5.74, 6) is 7.13. The van der Waals surface area contributed by atoms with Crippen LogP contribution in [0.1, 0.15) is 24.1 Å². The lowest BCUT2D eigenvalue weighted by Crippen LogP contribution is -2.31. The standard InChI is InChI=1S/C16H18N2O/c1-2-19-14-9-7-12(8-10-14)16-11-13-5-3-4-6-15(13)18(16)17/h3-10,16H,2,11,17H2,1H3. The highest BCUT2D eigenvalue weighted by Gasteiger charge is 2.27. The van der Waals surface area contributed by atoms with E-state index in [0.29, 0.717) is 6.61 Å². The van der Waals surface area contributed by atoms with Crippen LogP contribution in [0.15, 0.2) is 48.5 Å². The molecule has 3 heteroatoms. The fourth-order valence-electron chi connectivity index (χ4n) is 2.64. The van der Waals surface area contributed by atoms with Gasteiger partial charge >= 0.3 is 0 Å². The number of para-hydroxylation sites is 1. The lowest BCUT2D eigenvalue weighted by atomic mass is 10.0. The van der Waals surface area contributed by atoms with E-state index >= 15 is 0 Å². The minimum Gasteiger partial charge on any atom is -0.494 e. The molecule has 2 aromatic carbocycles. The molecule has 0 bridgehead atoms. The van der Waals surface area contributed by atoms with Crippen LogP contribution in [-0.2, 0) is 6.42 Å². The number of anilines is 1. The highest BCUT2D eigenvalue weighted by Crippen LogP contribution is 2.37. The number of hydrazine groups is 1. The van der Waals surface area contributed by atoms with Crippen LogP contribution < -0.4 is 15.6 Å². The zero-order valence-corrected chi connectivity index (χ0v) is 11.0. The van der Waals surface area contributed by atoms with Crippen molar-refractivity contribution >= 4 is 5.69 Å². The summed E-state index contributed by atoms with van der Waals surface area (Å²) in [6.07, 6.45) is 0.959. The zero-order chi connectivity index (χ0) is 13.2. The summed E-state index contributed by atoms with van der Waals surface area (Å²) in [4.78, 5) is 0. The summed E-state index contributed by atoms with van der Waals surface area (Å²) in [5.41, 5.74) is 3.66. The molecule has 0 spiro atoms. The van der Waals surface area contributed by atoms with Crippen LogP contribution >= 0.6 is 0 Å². The number of hydrogen-bond donors (Lipinski definition) is 1. The van der Waals surface area contributed by atoms with Crippen molar-refractivity contribution in [1.82, 2.24) is 0 Å². The summed E-state index contributed by atoms with van der Waals surface area (Å²) >= 11 is 0. The van der Waals surface area contributed by atoms with E-state index in [1.165, 1.54) is 11.1 Å². The molecule has 0 fully saturated rings. The van der Waals surface area contributed by atoms with Crippen molar-refractivity contribution in [3.05, 3.63) is 59.7 Å². The van der Waals surface area contributed by atoms with Crippen LogP contribution in [0.5, 0.6) is 5.75 Å². The van der Waals surface area contributed by atoms with E-state index in [1.54, 1.807) is 0 Å². The summed E-state index contributed by atoms with van der Waals surface area (Å²) in [7, 11) is 0. The molecule has 2 N–H and O–H groups in total. The molecule has 0 aliphatic carbocycles. The maximum absolute atomic E-state index is 6.22. The molecule has 1 heterocycles. The Morgan fingerprint density at radius 1 is 1.16 bits per heavy atom. The van der Waals surface area contributed by atoms with Crippen molar-refractivity contribution in [2.75, 3.05) is 11.6 Å². The number of benzene rings is 2. The Kier molecular flexibility index (Phi) is 3.13. The Labute approximate surface area is 113 Å². The van der Waals surface area contributed by atoms with Crippen molar-refractivity contribution < 1.29 is 4.74 Å². The number of nitrogens with zero attached hydrogens (tertiary/aromatic N) is 1. The largest absolute Gasteiger partial charge is 0.494 e. The molecule has 1 aliphatic rings. The molecule has 0 saturated heterocycles. The average molecular weight is 254 g/mol. The Bertz CT molecular complexity index is 565. The molecule has 19 heavy (non-hydrogen) atoms. The van der Waals surface area contributed by atoms with Crippen molar-refractivity contribution in [2.45, 2.75) is 19.4 Å². The molecule has 0 saturated carbocycles. The van der Waals surface area contributed by atoms with E-state index in [4.69, 9.17) is 10.6 Å². The van der Waals surface area contributed by atoms with Gasteiger partial charge in [-0.15, -0.1) is 0 Å². The van der Waals surface area contributed by atoms with Gasteiger partial charge in [0.05, 0.1) is 18.3 Å². The SMILES string of the molecule is CCOc1ccc(C2Cc3ccccc3N2N)cc1. The Morgan fingerprint density at radius 3 is 2.58 bits per heavy atom. The Hall–Kier alpha value is -2.00. The van der Waals surface area contributed by atoms with Gasteiger partial charge in [0.15, 0.2) is 0 Å². The second-order valence-electron chi connectivity index (χ2n) is 4.76. The van der Waals surface area contributed by atoms with Gasteiger partial charge in [0.1, 0.15) is 5.75 Å². The third-order valence-corrected chi connectivity index (χ3v) is 3.59. The maximum atomic E-state index is 6.22. The molecule has 1 atom stereocenters. The van der Waals surface area contributed by atoms with E-state index < -0.39 is 0 Å². The molecule has 0 radical (unpaired) electrons. The highest BCUT2D eigenvalue weighted by molar-refractivity contribution is 5.59. The first kappa shape index (κ1) is 12.1. The molecule has 0 amide bonds. The maximum Gasteiger partial charge on any atom is 0.119 e. The topological polar surface area (TPSA) is 38.5 Å². The predicted octanol–water partition coefficient (Wildman–Crippen LogP) is 3.06. The third-order valence-electron chi connectivity index (χ3n) is 3.59. The van der Waals surface area contributed by atoms with E-state index in [1.807, 2.05) is 30.1 Å². The number of nitrogens with two attached hydrogens (primary N) is 1. The lowest BCUT2D eigenvalue weighted by molar-refractivity contribution is 0.340. The van der Waals surface area contributed by atoms with Crippen molar-refractivity contribution in [3.8, 4) is 5.75 Å². The molecule has 1 aliphatic heterocycles. The van der Waals surface area contributed by atoms with Gasteiger partial charge in [0.25, 0.3) is 0 Å². The Balaban J connectivity index is 1.85. The van der Waals surface area contributed by atoms with Crippen LogP contribution in [0.4, 0.5) is 5.69 Å². The minimum atomic E-state index is 0.216. The van der Waals surface area contributed by atoms with Gasteiger partial charge in [-0.3, -0.25) is 0 Å². The van der Waals surface area contributed by atoms with Gasteiger partial charge in [-0.1, -0.05) is 30.3 Å². The van der Waals surface area contributed by atoms with E-state index in [0.717, 1.165) is 17.9 Å². The number of rotatable bonds is 3. The zero-order valence-electron chi connectivity index (χ0n) is 11.0. The molecule has 3 rings (SSSR count). The summed E-state index contributed by atoms with van der Waals surface area (Å²) in [6.45, 7) is 2.68. The predicted molar refractivity (Wildman–Crippen MR) is 77.2 cm³/mol. The molecular weight excluding hydrogens is 236 g/mol. The van der Waals surface area contributed by atoms with E-state index in [9.17, 15) is 0 Å². The van der Waals surface area contributed by atoms with Gasteiger partial charge in [0, 0.05) is 6.42 Å². The molecular formula is C16H18N2O. The highest BCUT2D eigenvalue weighted by atomic mass is 16.5. The fourth-order valence-corrected chi connectivity index (χ4v) is 2.64. The molecule has 3 nitrogen and oxygen atoms in total. The first-order valence-electron chi connectivity index (χ1n) is 6.64. The van der Waals surface area contributed by atoms with Gasteiger partial charge in [-0.05, 0) is 36.2 Å². The number of ether oxygens (including phenoxy) is 1. The van der Waals surface area contributed by atoms with E-state index in [-0.39, 0.29) is 6.04 Å². The average Bonchev–Trinajstić information content (AvgIpc) is 2.78. The number of fused-ring (bicyclic) bond motifs is 1. The van der Waals surface area contributed by atoms with Gasteiger partial charge in [-0.2, -0.15) is 0 Å². The van der Waals surface area contributed by atoms with Crippen LogP contribution in [-0.4, -0.2) is 6.61 Å². The second kappa shape index (κ2) is 4.94. The van der Waals surface area contributed by atoms with Crippen LogP contribution in [0, 0.1) is 0 Å². The molecule has 98 valence electrons. The minimum absolute atomic E-state index is 0.216. The van der Waals surface area contributed by atoms with Crippen molar-refractivity contribution in [3.63, 3.8) is 0 Å². The Morgan fingerprint density at radius 2 is 1.89 bits per heavy atom. The number of hydrogen-bond acceptors (Lipinski definition) is 3. The molecule has 0 aromatic heterocycles. The lowest BCUT2D eigenvalue weighted by Gasteiger charge is -2.22. The van der Waals surface area contributed by atoms with Crippen LogP contribution in [0.2, 0.25) is 0 Å². The van der Waals surface area contributed by atoms with Crippen LogP contribution in [0.25, 0.3) is 0 Å². The first-order chi connectivity index (χ1) is 9.29. The normalized spacial score (nSPS) is 17.4. The van der Waals surface area contributed by atoms with E-state index in [2.05, 4.69) is 30.3 Å². The third kappa shape index (κ3) is 2.17. The van der Waals surface area contributed by atoms with Gasteiger partial charge in [0.2, 0.25) is 0 Å².